The number of para-hydroxylation sites is 2. The Balaban J connectivity index is 1.68. The van der Waals surface area contributed by atoms with Crippen molar-refractivity contribution in [2.45, 2.75) is 23.2 Å². The molecule has 1 amide bonds. The fourth-order valence-corrected chi connectivity index (χ4v) is 4.38. The van der Waals surface area contributed by atoms with Gasteiger partial charge in [-0.2, -0.15) is 4.68 Å². The molecule has 0 N–H and O–H groups in total. The predicted molar refractivity (Wildman–Crippen MR) is 107 cm³/mol. The highest BCUT2D eigenvalue weighted by molar-refractivity contribution is 8.00. The third-order valence-electron chi connectivity index (χ3n) is 4.72. The van der Waals surface area contributed by atoms with Gasteiger partial charge in [-0.3, -0.25) is 4.79 Å². The van der Waals surface area contributed by atoms with Crippen molar-refractivity contribution in [3.63, 3.8) is 0 Å². The molecule has 1 unspecified atom stereocenters. The van der Waals surface area contributed by atoms with Crippen LogP contribution < -0.4 is 4.74 Å². The normalized spacial score (nSPS) is 14.8. The van der Waals surface area contributed by atoms with Crippen molar-refractivity contribution in [2.24, 2.45) is 0 Å². The number of hydrogen-bond acceptors (Lipinski definition) is 6. The van der Waals surface area contributed by atoms with Gasteiger partial charge in [-0.15, -0.1) is 5.10 Å². The summed E-state index contributed by atoms with van der Waals surface area (Å²) < 4.78 is 7.06. The molecule has 8 heteroatoms. The highest BCUT2D eigenvalue weighted by atomic mass is 32.2. The van der Waals surface area contributed by atoms with Gasteiger partial charge in [0.2, 0.25) is 11.1 Å². The van der Waals surface area contributed by atoms with Crippen LogP contribution in [0.5, 0.6) is 5.75 Å². The van der Waals surface area contributed by atoms with Crippen LogP contribution in [0.4, 0.5) is 0 Å². The lowest BCUT2D eigenvalue weighted by atomic mass is 10.1. The van der Waals surface area contributed by atoms with E-state index in [9.17, 15) is 4.79 Å². The lowest BCUT2D eigenvalue weighted by molar-refractivity contribution is -0.129. The van der Waals surface area contributed by atoms with E-state index in [0.29, 0.717) is 10.9 Å². The highest BCUT2D eigenvalue weighted by Gasteiger charge is 2.30. The molecule has 3 aromatic rings. The van der Waals surface area contributed by atoms with Crippen molar-refractivity contribution in [1.82, 2.24) is 25.1 Å². The minimum Gasteiger partial charge on any atom is -0.494 e. The molecule has 0 aliphatic carbocycles. The summed E-state index contributed by atoms with van der Waals surface area (Å²) in [5.41, 5.74) is 1.68. The molecule has 0 bridgehead atoms. The molecule has 0 spiro atoms. The lowest BCUT2D eigenvalue weighted by Crippen LogP contribution is -2.31. The van der Waals surface area contributed by atoms with Crippen molar-refractivity contribution in [3.8, 4) is 11.4 Å². The molecule has 0 saturated carbocycles. The first-order chi connectivity index (χ1) is 13.8. The monoisotopic (exact) mass is 395 g/mol. The van der Waals surface area contributed by atoms with Crippen LogP contribution >= 0.6 is 11.8 Å². The summed E-state index contributed by atoms with van der Waals surface area (Å²) in [5, 5.41) is 12.3. The molecule has 2 aromatic carbocycles. The minimum atomic E-state index is -0.404. The van der Waals surface area contributed by atoms with Gasteiger partial charge in [0.1, 0.15) is 16.7 Å². The number of likely N-dealkylation sites (tertiary alicyclic amines) is 1. The molecule has 1 atom stereocenters. The molecule has 144 valence electrons. The maximum Gasteiger partial charge on any atom is 0.240 e. The lowest BCUT2D eigenvalue weighted by Gasteiger charge is -2.22. The number of aromatic nitrogens is 4. The molecule has 28 heavy (non-hydrogen) atoms. The molecular weight excluding hydrogens is 374 g/mol. The van der Waals surface area contributed by atoms with E-state index in [2.05, 4.69) is 15.5 Å². The van der Waals surface area contributed by atoms with Crippen LogP contribution in [-0.2, 0) is 4.79 Å². The number of carbonyl (C=O) groups excluding carboxylic acids is 1. The van der Waals surface area contributed by atoms with Gasteiger partial charge in [-0.1, -0.05) is 54.2 Å². The maximum absolute atomic E-state index is 13.2. The van der Waals surface area contributed by atoms with Gasteiger partial charge in [0.25, 0.3) is 0 Å². The van der Waals surface area contributed by atoms with Crippen LogP contribution in [-0.4, -0.2) is 51.2 Å². The van der Waals surface area contributed by atoms with E-state index in [-0.39, 0.29) is 5.91 Å². The smallest absolute Gasteiger partial charge is 0.240 e. The molecule has 1 saturated heterocycles. The molecule has 4 rings (SSSR count). The van der Waals surface area contributed by atoms with Gasteiger partial charge < -0.3 is 9.64 Å². The zero-order chi connectivity index (χ0) is 19.3. The van der Waals surface area contributed by atoms with Gasteiger partial charge in [0.05, 0.1) is 7.11 Å². The topological polar surface area (TPSA) is 73.1 Å². The van der Waals surface area contributed by atoms with Gasteiger partial charge in [0, 0.05) is 13.1 Å². The van der Waals surface area contributed by atoms with Gasteiger partial charge >= 0.3 is 0 Å². The van der Waals surface area contributed by atoms with Crippen molar-refractivity contribution in [2.75, 3.05) is 20.2 Å². The summed E-state index contributed by atoms with van der Waals surface area (Å²) in [4.78, 5) is 15.2. The number of rotatable bonds is 6. The van der Waals surface area contributed by atoms with Crippen LogP contribution in [0.15, 0.2) is 59.8 Å². The van der Waals surface area contributed by atoms with Gasteiger partial charge in [0.15, 0.2) is 0 Å². The second-order valence-corrected chi connectivity index (χ2v) is 7.56. The Morgan fingerprint density at radius 1 is 1.07 bits per heavy atom. The van der Waals surface area contributed by atoms with E-state index >= 15 is 0 Å². The molecule has 1 aliphatic heterocycles. The standard InChI is InChI=1S/C20H21N5O2S/c1-27-17-12-6-5-11-16(17)25-20(21-22-23-25)28-18(15-9-3-2-4-10-15)19(26)24-13-7-8-14-24/h2-6,9-12,18H,7-8,13-14H2,1H3. The summed E-state index contributed by atoms with van der Waals surface area (Å²) in [6.07, 6.45) is 2.10. The number of tetrazole rings is 1. The maximum atomic E-state index is 13.2. The Kier molecular flexibility index (Phi) is 5.57. The van der Waals surface area contributed by atoms with Crippen LogP contribution in [0.2, 0.25) is 0 Å². The Hall–Kier alpha value is -2.87. The summed E-state index contributed by atoms with van der Waals surface area (Å²) in [7, 11) is 1.61. The number of nitrogens with zero attached hydrogens (tertiary/aromatic N) is 5. The van der Waals surface area contributed by atoms with Gasteiger partial charge in [-0.05, 0) is 41.0 Å². The molecule has 2 heterocycles. The number of thioether (sulfide) groups is 1. The zero-order valence-electron chi connectivity index (χ0n) is 15.6. The second-order valence-electron chi connectivity index (χ2n) is 6.49. The summed E-state index contributed by atoms with van der Waals surface area (Å²) in [6.45, 7) is 1.61. The molecular formula is C20H21N5O2S. The molecule has 1 aromatic heterocycles. The SMILES string of the molecule is COc1ccccc1-n1nnnc1SC(C(=O)N1CCCC1)c1ccccc1. The zero-order valence-corrected chi connectivity index (χ0v) is 16.4. The largest absolute Gasteiger partial charge is 0.494 e. The Morgan fingerprint density at radius 3 is 2.54 bits per heavy atom. The van der Waals surface area contributed by atoms with Crippen LogP contribution in [0.3, 0.4) is 0 Å². The minimum absolute atomic E-state index is 0.100. The van der Waals surface area contributed by atoms with E-state index in [1.165, 1.54) is 11.8 Å². The molecule has 1 fully saturated rings. The van der Waals surface area contributed by atoms with E-state index in [0.717, 1.165) is 37.2 Å². The first kappa shape index (κ1) is 18.5. The highest BCUT2D eigenvalue weighted by Crippen LogP contribution is 2.37. The third-order valence-corrected chi connectivity index (χ3v) is 5.90. The number of amides is 1. The van der Waals surface area contributed by atoms with Crippen LogP contribution in [0.1, 0.15) is 23.7 Å². The van der Waals surface area contributed by atoms with Crippen molar-refractivity contribution < 1.29 is 9.53 Å². The van der Waals surface area contributed by atoms with Crippen molar-refractivity contribution in [3.05, 3.63) is 60.2 Å². The quantitative estimate of drug-likeness (QED) is 0.597. The average molecular weight is 395 g/mol. The molecule has 7 nitrogen and oxygen atoms in total. The van der Waals surface area contributed by atoms with E-state index in [4.69, 9.17) is 4.74 Å². The first-order valence-corrected chi connectivity index (χ1v) is 10.1. The molecule has 1 aliphatic rings. The Labute approximate surface area is 167 Å². The first-order valence-electron chi connectivity index (χ1n) is 9.20. The Morgan fingerprint density at radius 2 is 1.79 bits per heavy atom. The van der Waals surface area contributed by atoms with E-state index < -0.39 is 5.25 Å². The number of hydrogen-bond donors (Lipinski definition) is 0. The summed E-state index contributed by atoms with van der Waals surface area (Å²) in [5.74, 6) is 0.766. The average Bonchev–Trinajstić information content (AvgIpc) is 3.44. The second kappa shape index (κ2) is 8.43. The van der Waals surface area contributed by atoms with Crippen LogP contribution in [0.25, 0.3) is 5.69 Å². The molecule has 0 radical (unpaired) electrons. The van der Waals surface area contributed by atoms with Crippen molar-refractivity contribution >= 4 is 17.7 Å². The number of carbonyl (C=O) groups is 1. The summed E-state index contributed by atoms with van der Waals surface area (Å²) >= 11 is 1.36. The van der Waals surface area contributed by atoms with E-state index in [1.54, 1.807) is 11.8 Å². The van der Waals surface area contributed by atoms with Crippen LogP contribution in [0, 0.1) is 0 Å². The predicted octanol–water partition coefficient (Wildman–Crippen LogP) is 3.13. The van der Waals surface area contributed by atoms with Crippen molar-refractivity contribution in [1.29, 1.82) is 0 Å². The fraction of sp³-hybridized carbons (Fsp3) is 0.300. The number of ether oxygens (including phenoxy) is 1. The fourth-order valence-electron chi connectivity index (χ4n) is 3.31. The number of benzene rings is 2. The Bertz CT molecular complexity index is 941. The van der Waals surface area contributed by atoms with E-state index in [1.807, 2.05) is 59.5 Å². The number of methoxy groups -OCH3 is 1. The summed E-state index contributed by atoms with van der Waals surface area (Å²) in [6, 6.07) is 17.3. The van der Waals surface area contributed by atoms with Gasteiger partial charge in [-0.25, -0.2) is 0 Å². The third kappa shape index (κ3) is 3.73.